The molecule has 5 nitrogen and oxygen atoms in total. The molecule has 2 aromatic rings. The number of hydrogen-bond acceptors (Lipinski definition) is 6. The van der Waals surface area contributed by atoms with Gasteiger partial charge in [0.1, 0.15) is 16.2 Å². The molecule has 0 aliphatic carbocycles. The van der Waals surface area contributed by atoms with E-state index < -0.39 is 0 Å². The molecule has 23 heavy (non-hydrogen) atoms. The van der Waals surface area contributed by atoms with Crippen LogP contribution in [0.25, 0.3) is 10.2 Å². The lowest BCUT2D eigenvalue weighted by molar-refractivity contribution is -0.119. The van der Waals surface area contributed by atoms with Crippen LogP contribution in [0.15, 0.2) is 11.4 Å². The largest absolute Gasteiger partial charge is 0.351 e. The van der Waals surface area contributed by atoms with Gasteiger partial charge in [0, 0.05) is 22.8 Å². The maximum Gasteiger partial charge on any atom is 0.230 e. The van der Waals surface area contributed by atoms with E-state index in [0.717, 1.165) is 34.8 Å². The molecular formula is C16H22N4OS2. The number of aromatic nitrogens is 2. The second-order valence-corrected chi connectivity index (χ2v) is 8.24. The fourth-order valence-electron chi connectivity index (χ4n) is 2.82. The van der Waals surface area contributed by atoms with Crippen molar-refractivity contribution in [1.29, 1.82) is 0 Å². The number of aryl methyl sites for hydroxylation is 2. The van der Waals surface area contributed by atoms with Gasteiger partial charge in [-0.1, -0.05) is 18.7 Å². The third kappa shape index (κ3) is 3.67. The third-order valence-corrected chi connectivity index (χ3v) is 6.55. The van der Waals surface area contributed by atoms with Gasteiger partial charge in [-0.25, -0.2) is 9.97 Å². The standard InChI is InChI=1S/C16H22N4OS2/c1-9-4-5-17-6-12(9)20-13(21)7-22-15-14-10(2)11(3)23-16(14)19-8-18-15/h8-9,12,17H,4-7H2,1-3H3,(H,20,21). The van der Waals surface area contributed by atoms with Gasteiger partial charge in [0.15, 0.2) is 0 Å². The summed E-state index contributed by atoms with van der Waals surface area (Å²) in [6, 6.07) is 0.229. The van der Waals surface area contributed by atoms with Crippen LogP contribution < -0.4 is 10.6 Å². The van der Waals surface area contributed by atoms with E-state index in [1.54, 1.807) is 17.7 Å². The summed E-state index contributed by atoms with van der Waals surface area (Å²) in [5, 5.41) is 8.48. The SMILES string of the molecule is Cc1sc2ncnc(SCC(=O)NC3CNCCC3C)c2c1C. The van der Waals surface area contributed by atoms with Crippen molar-refractivity contribution in [2.75, 3.05) is 18.8 Å². The fourth-order valence-corrected chi connectivity index (χ4v) is 4.75. The Morgan fingerprint density at radius 1 is 1.48 bits per heavy atom. The number of amides is 1. The summed E-state index contributed by atoms with van der Waals surface area (Å²) >= 11 is 3.18. The van der Waals surface area contributed by atoms with Gasteiger partial charge in [-0.15, -0.1) is 11.3 Å². The van der Waals surface area contributed by atoms with Crippen LogP contribution in [0.2, 0.25) is 0 Å². The Balaban J connectivity index is 1.65. The normalized spacial score (nSPS) is 21.5. The molecule has 0 spiro atoms. The number of nitrogens with one attached hydrogen (secondary N) is 2. The van der Waals surface area contributed by atoms with Gasteiger partial charge in [-0.05, 0) is 38.3 Å². The summed E-state index contributed by atoms with van der Waals surface area (Å²) in [4.78, 5) is 23.2. The molecule has 2 unspecified atom stereocenters. The Hall–Kier alpha value is -1.18. The maximum absolute atomic E-state index is 12.3. The van der Waals surface area contributed by atoms with Crippen molar-refractivity contribution in [2.24, 2.45) is 5.92 Å². The van der Waals surface area contributed by atoms with E-state index in [4.69, 9.17) is 0 Å². The minimum absolute atomic E-state index is 0.0758. The molecule has 0 saturated carbocycles. The number of piperidine rings is 1. The van der Waals surface area contributed by atoms with Crippen LogP contribution in [0.4, 0.5) is 0 Å². The summed E-state index contributed by atoms with van der Waals surface area (Å²) in [5.41, 5.74) is 1.22. The Kier molecular flexibility index (Phi) is 5.18. The monoisotopic (exact) mass is 350 g/mol. The minimum Gasteiger partial charge on any atom is -0.351 e. The van der Waals surface area contributed by atoms with Crippen molar-refractivity contribution in [1.82, 2.24) is 20.6 Å². The van der Waals surface area contributed by atoms with Gasteiger partial charge >= 0.3 is 0 Å². The molecular weight excluding hydrogens is 328 g/mol. The van der Waals surface area contributed by atoms with Gasteiger partial charge in [0.2, 0.25) is 5.91 Å². The van der Waals surface area contributed by atoms with E-state index in [9.17, 15) is 4.79 Å². The van der Waals surface area contributed by atoms with Crippen molar-refractivity contribution < 1.29 is 4.79 Å². The molecule has 124 valence electrons. The van der Waals surface area contributed by atoms with Gasteiger partial charge in [-0.3, -0.25) is 4.79 Å². The first kappa shape index (κ1) is 16.7. The molecule has 1 aliphatic rings. The summed E-state index contributed by atoms with van der Waals surface area (Å²) in [6.45, 7) is 8.29. The Bertz CT molecular complexity index is 715. The Morgan fingerprint density at radius 2 is 2.30 bits per heavy atom. The van der Waals surface area contributed by atoms with E-state index in [-0.39, 0.29) is 11.9 Å². The van der Waals surface area contributed by atoms with Crippen molar-refractivity contribution in [2.45, 2.75) is 38.3 Å². The molecule has 2 N–H and O–H groups in total. The van der Waals surface area contributed by atoms with E-state index in [1.165, 1.54) is 22.2 Å². The van der Waals surface area contributed by atoms with Gasteiger partial charge in [0.05, 0.1) is 5.75 Å². The lowest BCUT2D eigenvalue weighted by atomic mass is 9.95. The zero-order chi connectivity index (χ0) is 16.4. The quantitative estimate of drug-likeness (QED) is 0.655. The van der Waals surface area contributed by atoms with Gasteiger partial charge in [0.25, 0.3) is 0 Å². The first-order valence-electron chi connectivity index (χ1n) is 7.90. The Labute approximate surface area is 144 Å². The van der Waals surface area contributed by atoms with Crippen molar-refractivity contribution in [3.8, 4) is 0 Å². The van der Waals surface area contributed by atoms with Crippen LogP contribution in [-0.2, 0) is 4.79 Å². The second-order valence-electron chi connectivity index (χ2n) is 6.07. The van der Waals surface area contributed by atoms with E-state index in [2.05, 4.69) is 41.4 Å². The number of carbonyl (C=O) groups excluding carboxylic acids is 1. The van der Waals surface area contributed by atoms with Crippen molar-refractivity contribution in [3.05, 3.63) is 16.8 Å². The smallest absolute Gasteiger partial charge is 0.230 e. The number of hydrogen-bond donors (Lipinski definition) is 2. The maximum atomic E-state index is 12.3. The van der Waals surface area contributed by atoms with Crippen LogP contribution in [0.5, 0.6) is 0 Å². The van der Waals surface area contributed by atoms with Crippen LogP contribution in [0.3, 0.4) is 0 Å². The molecule has 3 heterocycles. The van der Waals surface area contributed by atoms with Crippen LogP contribution in [-0.4, -0.2) is 40.8 Å². The number of thioether (sulfide) groups is 1. The van der Waals surface area contributed by atoms with Crippen LogP contribution >= 0.6 is 23.1 Å². The summed E-state index contributed by atoms with van der Waals surface area (Å²) < 4.78 is 0. The lowest BCUT2D eigenvalue weighted by Gasteiger charge is -2.30. The number of thiophene rings is 1. The molecule has 0 bridgehead atoms. The highest BCUT2D eigenvalue weighted by molar-refractivity contribution is 8.00. The molecule has 1 saturated heterocycles. The second kappa shape index (κ2) is 7.15. The average molecular weight is 351 g/mol. The zero-order valence-corrected chi connectivity index (χ0v) is 15.3. The first-order chi connectivity index (χ1) is 11.1. The predicted molar refractivity (Wildman–Crippen MR) is 96.2 cm³/mol. The Morgan fingerprint density at radius 3 is 3.09 bits per heavy atom. The van der Waals surface area contributed by atoms with Crippen molar-refractivity contribution in [3.63, 3.8) is 0 Å². The topological polar surface area (TPSA) is 66.9 Å². The lowest BCUT2D eigenvalue weighted by Crippen LogP contribution is -2.50. The molecule has 2 atom stereocenters. The molecule has 2 aromatic heterocycles. The fraction of sp³-hybridized carbons (Fsp3) is 0.562. The highest BCUT2D eigenvalue weighted by Crippen LogP contribution is 2.34. The third-order valence-electron chi connectivity index (χ3n) is 4.44. The molecule has 0 aromatic carbocycles. The van der Waals surface area contributed by atoms with Crippen LogP contribution in [0, 0.1) is 19.8 Å². The van der Waals surface area contributed by atoms with E-state index >= 15 is 0 Å². The number of rotatable bonds is 4. The zero-order valence-electron chi connectivity index (χ0n) is 13.7. The molecule has 1 fully saturated rings. The molecule has 3 rings (SSSR count). The number of nitrogens with zero attached hydrogens (tertiary/aromatic N) is 2. The number of carbonyl (C=O) groups is 1. The highest BCUT2D eigenvalue weighted by Gasteiger charge is 2.22. The van der Waals surface area contributed by atoms with E-state index in [1.807, 2.05) is 0 Å². The molecule has 0 radical (unpaired) electrons. The average Bonchev–Trinajstić information content (AvgIpc) is 2.83. The van der Waals surface area contributed by atoms with Crippen LogP contribution in [0.1, 0.15) is 23.8 Å². The summed E-state index contributed by atoms with van der Waals surface area (Å²) in [6.07, 6.45) is 2.70. The molecule has 1 aliphatic heterocycles. The summed E-state index contributed by atoms with van der Waals surface area (Å²) in [5.74, 6) is 0.994. The predicted octanol–water partition coefficient (Wildman–Crippen LogP) is 2.51. The highest BCUT2D eigenvalue weighted by atomic mass is 32.2. The summed E-state index contributed by atoms with van der Waals surface area (Å²) in [7, 11) is 0. The van der Waals surface area contributed by atoms with E-state index in [0.29, 0.717) is 11.7 Å². The minimum atomic E-state index is 0.0758. The van der Waals surface area contributed by atoms with Crippen molar-refractivity contribution >= 4 is 39.2 Å². The van der Waals surface area contributed by atoms with Gasteiger partial charge < -0.3 is 10.6 Å². The molecule has 1 amide bonds. The number of fused-ring (bicyclic) bond motifs is 1. The van der Waals surface area contributed by atoms with Gasteiger partial charge in [-0.2, -0.15) is 0 Å². The first-order valence-corrected chi connectivity index (χ1v) is 9.70. The molecule has 7 heteroatoms.